The molecular weight excluding hydrogens is 1140 g/mol. The standard InChI is InChI=1S/C37H56F24O8Si4/c1-6-9-12-19-63-23-16-29(38,39)71(32(44,45)46,33(47,48)49)67-70(26-15-22-66-28(62)27(4)5,68-72(34(50,51)52,35(53,54)55)30(40,41)17-24-64-20-13-10-7-2)69-73(36(56,57)58,37(59,60)61)31(42,43)18-25-65-21-14-11-8-3/h4,6-26H2,1-3,5H3. The summed E-state index contributed by atoms with van der Waals surface area (Å²) in [6.45, 7) is -2.37. The second kappa shape index (κ2) is 27.7. The lowest BCUT2D eigenvalue weighted by Crippen LogP contribution is -2.86. The van der Waals surface area contributed by atoms with Gasteiger partial charge in [0.15, 0.2) is 0 Å². The minimum atomic E-state index is -10.6. The Morgan fingerprint density at radius 1 is 0.384 bits per heavy atom. The molecule has 0 unspecified atom stereocenters. The van der Waals surface area contributed by atoms with E-state index < -0.39 is 175 Å². The summed E-state index contributed by atoms with van der Waals surface area (Å²) in [6, 6.07) is -3.49. The molecule has 0 N–H and O–H groups in total. The quantitative estimate of drug-likeness (QED) is 0.0204. The second-order valence-corrected chi connectivity index (χ2v) is 30.4. The average Bonchev–Trinajstić information content (AvgIpc) is 3.20. The molecule has 0 saturated heterocycles. The Balaban J connectivity index is 9.66. The minimum Gasteiger partial charge on any atom is -0.462 e. The fourth-order valence-electron chi connectivity index (χ4n) is 6.59. The van der Waals surface area contributed by atoms with Gasteiger partial charge >= 0.3 is 74.5 Å². The fourth-order valence-corrected chi connectivity index (χ4v) is 25.0. The van der Waals surface area contributed by atoms with Gasteiger partial charge in [0.05, 0.1) is 26.4 Å². The molecule has 0 heterocycles. The van der Waals surface area contributed by atoms with Crippen LogP contribution in [0.25, 0.3) is 0 Å². The highest BCUT2D eigenvalue weighted by atomic mass is 28.5. The SMILES string of the molecule is C=C(C)C(=O)OCCC[Si](O[Si](C(F)(F)F)(C(F)(F)F)C(F)(F)CCOCCCCC)(O[Si](C(F)(F)F)(C(F)(F)F)C(F)(F)CCOCCCCC)O[Si](C(F)(F)F)(C(F)(F)F)C(F)(F)CCOCCCCC. The maximum absolute atomic E-state index is 16.3. The van der Waals surface area contributed by atoms with E-state index in [2.05, 4.69) is 37.9 Å². The van der Waals surface area contributed by atoms with Crippen molar-refractivity contribution in [1.82, 2.24) is 0 Å². The number of halogens is 24. The van der Waals surface area contributed by atoms with Crippen molar-refractivity contribution in [3.8, 4) is 0 Å². The number of carbonyl (C=O) groups excluding carboxylic acids is 1. The third-order valence-corrected chi connectivity index (χ3v) is 27.4. The molecule has 0 atom stereocenters. The highest BCUT2D eigenvalue weighted by Gasteiger charge is 2.96. The first-order chi connectivity index (χ1) is 32.9. The van der Waals surface area contributed by atoms with Crippen molar-refractivity contribution in [3.63, 3.8) is 0 Å². The minimum absolute atomic E-state index is 0.132. The summed E-state index contributed by atoms with van der Waals surface area (Å²) >= 11 is 0. The van der Waals surface area contributed by atoms with Crippen molar-refractivity contribution in [1.29, 1.82) is 0 Å². The number of hydrogen-bond acceptors (Lipinski definition) is 8. The molecule has 0 saturated carbocycles. The van der Waals surface area contributed by atoms with Gasteiger partial charge in [-0.05, 0) is 32.6 Å². The van der Waals surface area contributed by atoms with E-state index in [0.29, 0.717) is 19.3 Å². The predicted molar refractivity (Wildman–Crippen MR) is 218 cm³/mol. The van der Waals surface area contributed by atoms with Crippen LogP contribution in [0.4, 0.5) is 105 Å². The van der Waals surface area contributed by atoms with Crippen molar-refractivity contribution in [2.24, 2.45) is 0 Å². The summed E-state index contributed by atoms with van der Waals surface area (Å²) in [7, 11) is -41.6. The molecule has 0 aliphatic heterocycles. The Morgan fingerprint density at radius 2 is 0.630 bits per heavy atom. The molecule has 0 aliphatic carbocycles. The molecule has 0 radical (unpaired) electrons. The summed E-state index contributed by atoms with van der Waals surface area (Å²) in [4.78, 5) is 12.1. The fraction of sp³-hybridized carbons (Fsp3) is 0.919. The van der Waals surface area contributed by atoms with Gasteiger partial charge in [0.2, 0.25) is 0 Å². The average molecular weight is 1200 g/mol. The Kier molecular flexibility index (Phi) is 27.0. The number of hydrogen-bond donors (Lipinski definition) is 0. The van der Waals surface area contributed by atoms with Gasteiger partial charge in [-0.25, -0.2) is 31.1 Å². The van der Waals surface area contributed by atoms with E-state index >= 15 is 105 Å². The van der Waals surface area contributed by atoms with E-state index in [1.807, 2.05) is 0 Å². The molecule has 73 heavy (non-hydrogen) atoms. The van der Waals surface area contributed by atoms with Crippen molar-refractivity contribution < 1.29 is 141 Å². The molecule has 0 aliphatic rings. The normalized spacial score (nSPS) is 14.8. The van der Waals surface area contributed by atoms with E-state index in [1.165, 1.54) is 20.8 Å². The van der Waals surface area contributed by atoms with Crippen LogP contribution < -0.4 is 0 Å². The van der Waals surface area contributed by atoms with Crippen LogP contribution in [0.15, 0.2) is 12.2 Å². The number of rotatable bonds is 35. The van der Waals surface area contributed by atoms with Crippen LogP contribution in [0.2, 0.25) is 6.04 Å². The first kappa shape index (κ1) is 71.2. The van der Waals surface area contributed by atoms with Gasteiger partial charge in [0.1, 0.15) is 0 Å². The largest absolute Gasteiger partial charge is 0.499 e. The van der Waals surface area contributed by atoms with Crippen LogP contribution in [0, 0.1) is 0 Å². The van der Waals surface area contributed by atoms with Gasteiger partial charge in [0.25, 0.3) is 16.6 Å². The van der Waals surface area contributed by atoms with E-state index in [9.17, 15) is 4.79 Å². The second-order valence-electron chi connectivity index (χ2n) is 16.4. The monoisotopic (exact) mass is 1200 g/mol. The predicted octanol–water partition coefficient (Wildman–Crippen LogP) is 14.2. The van der Waals surface area contributed by atoms with Crippen molar-refractivity contribution >= 4 is 39.7 Å². The number of esters is 1. The highest BCUT2D eigenvalue weighted by Crippen LogP contribution is 2.60. The third kappa shape index (κ3) is 17.6. The van der Waals surface area contributed by atoms with E-state index in [0.717, 1.165) is 6.92 Å². The summed E-state index contributed by atoms with van der Waals surface area (Å²) in [5, 5.41) is 0. The molecule has 436 valence electrons. The van der Waals surface area contributed by atoms with Crippen molar-refractivity contribution in [2.45, 2.75) is 169 Å². The Labute approximate surface area is 407 Å². The third-order valence-electron chi connectivity index (χ3n) is 10.4. The van der Waals surface area contributed by atoms with Crippen molar-refractivity contribution in [3.05, 3.63) is 12.2 Å². The lowest BCUT2D eigenvalue weighted by atomic mass is 10.3. The molecule has 0 amide bonds. The van der Waals surface area contributed by atoms with Crippen molar-refractivity contribution in [2.75, 3.05) is 46.2 Å². The smallest absolute Gasteiger partial charge is 0.462 e. The number of alkyl halides is 24. The van der Waals surface area contributed by atoms with Crippen LogP contribution in [-0.2, 0) is 36.1 Å². The van der Waals surface area contributed by atoms with E-state index in [1.54, 1.807) is 0 Å². The Morgan fingerprint density at radius 3 is 0.836 bits per heavy atom. The summed E-state index contributed by atoms with van der Waals surface area (Å²) in [6.07, 6.45) is -11.0. The highest BCUT2D eigenvalue weighted by molar-refractivity contribution is 6.96. The van der Waals surface area contributed by atoms with E-state index in [-0.39, 0.29) is 38.5 Å². The molecule has 0 spiro atoms. The van der Waals surface area contributed by atoms with Gasteiger partial charge in [-0.3, -0.25) is 0 Å². The number of unbranched alkanes of at least 4 members (excludes halogenated alkanes) is 6. The Hall–Kier alpha value is -1.84. The molecule has 0 aromatic carbocycles. The van der Waals surface area contributed by atoms with Crippen LogP contribution in [0.1, 0.15) is 111 Å². The molecule has 0 aromatic heterocycles. The summed E-state index contributed by atoms with van der Waals surface area (Å²) < 4.78 is 403. The van der Waals surface area contributed by atoms with Crippen LogP contribution in [-0.4, -0.2) is 137 Å². The summed E-state index contributed by atoms with van der Waals surface area (Å²) in [5.74, 6) is -50.8. The van der Waals surface area contributed by atoms with E-state index in [4.69, 9.17) is 0 Å². The van der Waals surface area contributed by atoms with Crippen LogP contribution >= 0.6 is 0 Å². The van der Waals surface area contributed by atoms with Gasteiger partial charge < -0.3 is 31.3 Å². The zero-order chi connectivity index (χ0) is 57.5. The number of carbonyl (C=O) groups is 1. The molecule has 0 rings (SSSR count). The zero-order valence-electron chi connectivity index (χ0n) is 39.4. The van der Waals surface area contributed by atoms with Crippen LogP contribution in [0.3, 0.4) is 0 Å². The molecular formula is C37H56F24O8Si4. The van der Waals surface area contributed by atoms with Gasteiger partial charge in [-0.1, -0.05) is 65.9 Å². The molecule has 0 aromatic rings. The lowest BCUT2D eigenvalue weighted by molar-refractivity contribution is -0.176. The Bertz CT molecular complexity index is 1450. The lowest BCUT2D eigenvalue weighted by Gasteiger charge is -2.51. The molecule has 0 bridgehead atoms. The molecule has 0 fully saturated rings. The first-order valence-corrected chi connectivity index (χ1v) is 29.7. The van der Waals surface area contributed by atoms with Gasteiger partial charge in [0, 0.05) is 50.7 Å². The summed E-state index contributed by atoms with van der Waals surface area (Å²) in [5.41, 5.74) is -22.0. The van der Waals surface area contributed by atoms with Gasteiger partial charge in [-0.15, -0.1) is 0 Å². The molecule has 8 nitrogen and oxygen atoms in total. The van der Waals surface area contributed by atoms with Crippen LogP contribution in [0.5, 0.6) is 0 Å². The zero-order valence-corrected chi connectivity index (χ0v) is 43.4. The maximum Gasteiger partial charge on any atom is 0.499 e. The maximum atomic E-state index is 16.3. The topological polar surface area (TPSA) is 81.7 Å². The molecule has 36 heteroatoms. The van der Waals surface area contributed by atoms with Gasteiger partial charge in [-0.2, -0.15) is 79.0 Å². The first-order valence-electron chi connectivity index (χ1n) is 22.1. The number of ether oxygens (including phenoxy) is 4.